The summed E-state index contributed by atoms with van der Waals surface area (Å²) in [6.45, 7) is 6.36. The highest BCUT2D eigenvalue weighted by Crippen LogP contribution is 2.29. The van der Waals surface area contributed by atoms with Crippen molar-refractivity contribution in [3.05, 3.63) is 34.7 Å². The molecule has 0 saturated carbocycles. The van der Waals surface area contributed by atoms with E-state index < -0.39 is 10.2 Å². The van der Waals surface area contributed by atoms with E-state index in [2.05, 4.69) is 18.8 Å². The van der Waals surface area contributed by atoms with Gasteiger partial charge in [0.25, 0.3) is 10.2 Å². The van der Waals surface area contributed by atoms with Crippen LogP contribution in [-0.4, -0.2) is 52.8 Å². The van der Waals surface area contributed by atoms with Crippen LogP contribution in [0.15, 0.2) is 29.1 Å². The van der Waals surface area contributed by atoms with Crippen molar-refractivity contribution >= 4 is 21.2 Å². The molecule has 2 aliphatic heterocycles. The highest BCUT2D eigenvalue weighted by Gasteiger charge is 2.37. The highest BCUT2D eigenvalue weighted by molar-refractivity contribution is 7.86. The van der Waals surface area contributed by atoms with Crippen molar-refractivity contribution in [3.63, 3.8) is 0 Å². The fourth-order valence-corrected chi connectivity index (χ4v) is 6.61. The first-order valence-corrected chi connectivity index (χ1v) is 11.2. The van der Waals surface area contributed by atoms with Gasteiger partial charge in [0.2, 0.25) is 0 Å². The van der Waals surface area contributed by atoms with Gasteiger partial charge in [0.15, 0.2) is 0 Å². The van der Waals surface area contributed by atoms with E-state index in [1.54, 1.807) is 13.2 Å². The van der Waals surface area contributed by atoms with Gasteiger partial charge < -0.3 is 4.98 Å². The molecule has 2 aromatic rings. The van der Waals surface area contributed by atoms with Crippen LogP contribution in [0.4, 0.5) is 0 Å². The zero-order valence-corrected chi connectivity index (χ0v) is 16.8. The number of benzene rings is 1. The Morgan fingerprint density at radius 3 is 2.30 bits per heavy atom. The lowest BCUT2D eigenvalue weighted by atomic mass is 9.94. The molecule has 2 saturated heterocycles. The van der Waals surface area contributed by atoms with Crippen molar-refractivity contribution in [2.75, 3.05) is 26.2 Å². The monoisotopic (exact) mass is 392 g/mol. The topological polar surface area (TPSA) is 78.4 Å². The van der Waals surface area contributed by atoms with E-state index in [0.29, 0.717) is 50.9 Å². The van der Waals surface area contributed by atoms with Gasteiger partial charge in [0.1, 0.15) is 0 Å². The Hall–Kier alpha value is -1.64. The minimum Gasteiger partial charge on any atom is -0.306 e. The maximum Gasteiger partial charge on any atom is 0.326 e. The molecule has 27 heavy (non-hydrogen) atoms. The zero-order chi connectivity index (χ0) is 19.2. The predicted octanol–water partition coefficient (Wildman–Crippen LogP) is 2.19. The number of aromatic nitrogens is 2. The van der Waals surface area contributed by atoms with E-state index in [1.807, 2.05) is 24.3 Å². The van der Waals surface area contributed by atoms with Crippen molar-refractivity contribution in [1.82, 2.24) is 18.2 Å². The SMILES string of the molecule is CC1CC(C)CN(S(=O)(=O)N2CCC(n3c(=O)[nH]c4ccccc43)CC2)C1. The molecule has 2 unspecified atom stereocenters. The molecule has 2 fully saturated rings. The van der Waals surface area contributed by atoms with Gasteiger partial charge in [-0.15, -0.1) is 0 Å². The number of H-pyrrole nitrogens is 1. The average molecular weight is 393 g/mol. The van der Waals surface area contributed by atoms with Crippen LogP contribution in [0.1, 0.15) is 39.2 Å². The summed E-state index contributed by atoms with van der Waals surface area (Å²) in [7, 11) is -3.42. The molecule has 0 aliphatic carbocycles. The van der Waals surface area contributed by atoms with Gasteiger partial charge in [0, 0.05) is 32.2 Å². The predicted molar refractivity (Wildman–Crippen MR) is 106 cm³/mol. The van der Waals surface area contributed by atoms with E-state index in [-0.39, 0.29) is 11.7 Å². The third kappa shape index (κ3) is 3.46. The van der Waals surface area contributed by atoms with E-state index in [9.17, 15) is 13.2 Å². The van der Waals surface area contributed by atoms with E-state index in [4.69, 9.17) is 0 Å². The molecule has 8 heteroatoms. The van der Waals surface area contributed by atoms with Gasteiger partial charge in [-0.1, -0.05) is 26.0 Å². The number of para-hydroxylation sites is 2. The van der Waals surface area contributed by atoms with Gasteiger partial charge in [-0.25, -0.2) is 4.79 Å². The summed E-state index contributed by atoms with van der Waals surface area (Å²) in [5, 5.41) is 0. The number of fused-ring (bicyclic) bond motifs is 1. The van der Waals surface area contributed by atoms with Gasteiger partial charge in [-0.3, -0.25) is 4.57 Å². The zero-order valence-electron chi connectivity index (χ0n) is 16.0. The molecule has 7 nitrogen and oxygen atoms in total. The number of nitrogens with zero attached hydrogens (tertiary/aromatic N) is 3. The number of aromatic amines is 1. The molecule has 148 valence electrons. The minimum absolute atomic E-state index is 0.0271. The first-order chi connectivity index (χ1) is 12.9. The highest BCUT2D eigenvalue weighted by atomic mass is 32.2. The van der Waals surface area contributed by atoms with Gasteiger partial charge in [-0.2, -0.15) is 17.0 Å². The molecule has 0 bridgehead atoms. The Morgan fingerprint density at radius 2 is 1.63 bits per heavy atom. The molecule has 3 heterocycles. The first-order valence-electron chi connectivity index (χ1n) is 9.80. The van der Waals surface area contributed by atoms with Crippen LogP contribution in [-0.2, 0) is 10.2 Å². The third-order valence-electron chi connectivity index (χ3n) is 5.90. The molecular weight excluding hydrogens is 364 g/mol. The molecular formula is C19H28N4O3S. The average Bonchev–Trinajstić information content (AvgIpc) is 2.96. The second kappa shape index (κ2) is 7.07. The van der Waals surface area contributed by atoms with Crippen molar-refractivity contribution in [2.24, 2.45) is 11.8 Å². The second-order valence-corrected chi connectivity index (χ2v) is 10.1. The first kappa shape index (κ1) is 18.7. The fraction of sp³-hybridized carbons (Fsp3) is 0.632. The standard InChI is InChI=1S/C19H28N4O3S/c1-14-11-15(2)13-22(12-14)27(25,26)21-9-7-16(8-10-21)23-18-6-4-3-5-17(18)20-19(23)24/h3-6,14-16H,7-13H2,1-2H3,(H,20,24). The number of imidazole rings is 1. The van der Waals surface area contributed by atoms with Crippen LogP contribution in [0.2, 0.25) is 0 Å². The maximum absolute atomic E-state index is 13.1. The lowest BCUT2D eigenvalue weighted by Gasteiger charge is -2.39. The summed E-state index contributed by atoms with van der Waals surface area (Å²) in [6, 6.07) is 7.68. The van der Waals surface area contributed by atoms with E-state index >= 15 is 0 Å². The van der Waals surface area contributed by atoms with Crippen LogP contribution in [0.5, 0.6) is 0 Å². The van der Waals surface area contributed by atoms with Crippen LogP contribution in [0.25, 0.3) is 11.0 Å². The van der Waals surface area contributed by atoms with Crippen LogP contribution >= 0.6 is 0 Å². The summed E-state index contributed by atoms with van der Waals surface area (Å²) in [5.41, 5.74) is 1.60. The summed E-state index contributed by atoms with van der Waals surface area (Å²) < 4.78 is 31.2. The number of rotatable bonds is 3. The fourth-order valence-electron chi connectivity index (χ4n) is 4.73. The Kier molecular flexibility index (Phi) is 4.90. The van der Waals surface area contributed by atoms with Crippen molar-refractivity contribution in [3.8, 4) is 0 Å². The molecule has 4 rings (SSSR count). The summed E-state index contributed by atoms with van der Waals surface area (Å²) in [5.74, 6) is 0.789. The molecule has 1 aromatic carbocycles. The summed E-state index contributed by atoms with van der Waals surface area (Å²) in [6.07, 6.45) is 2.39. The number of piperidine rings is 2. The molecule has 2 atom stereocenters. The smallest absolute Gasteiger partial charge is 0.306 e. The van der Waals surface area contributed by atoms with Crippen molar-refractivity contribution in [1.29, 1.82) is 0 Å². The van der Waals surface area contributed by atoms with E-state index in [1.165, 1.54) is 0 Å². The Labute approximate surface area is 160 Å². The quantitative estimate of drug-likeness (QED) is 0.870. The normalized spacial score (nSPS) is 26.6. The Bertz CT molecular complexity index is 962. The maximum atomic E-state index is 13.1. The molecule has 1 N–H and O–H groups in total. The van der Waals surface area contributed by atoms with Gasteiger partial charge >= 0.3 is 5.69 Å². The molecule has 1 aromatic heterocycles. The molecule has 0 spiro atoms. The summed E-state index contributed by atoms with van der Waals surface area (Å²) >= 11 is 0. The molecule has 0 amide bonds. The molecule has 2 aliphatic rings. The van der Waals surface area contributed by atoms with Crippen LogP contribution in [0.3, 0.4) is 0 Å². The lowest BCUT2D eigenvalue weighted by Crippen LogP contribution is -2.51. The second-order valence-electron chi connectivity index (χ2n) is 8.22. The lowest BCUT2D eigenvalue weighted by molar-refractivity contribution is 0.197. The molecule has 0 radical (unpaired) electrons. The van der Waals surface area contributed by atoms with Crippen molar-refractivity contribution < 1.29 is 8.42 Å². The minimum atomic E-state index is -3.42. The number of hydrogen-bond donors (Lipinski definition) is 1. The Balaban J connectivity index is 1.50. The number of nitrogens with one attached hydrogen (secondary N) is 1. The van der Waals surface area contributed by atoms with Gasteiger partial charge in [-0.05, 0) is 43.2 Å². The largest absolute Gasteiger partial charge is 0.326 e. The Morgan fingerprint density at radius 1 is 1.00 bits per heavy atom. The van der Waals surface area contributed by atoms with Crippen LogP contribution in [0, 0.1) is 11.8 Å². The van der Waals surface area contributed by atoms with Crippen LogP contribution < -0.4 is 5.69 Å². The van der Waals surface area contributed by atoms with Crippen molar-refractivity contribution in [2.45, 2.75) is 39.2 Å². The third-order valence-corrected chi connectivity index (χ3v) is 7.87. The number of hydrogen-bond acceptors (Lipinski definition) is 3. The van der Waals surface area contributed by atoms with E-state index in [0.717, 1.165) is 17.5 Å². The van der Waals surface area contributed by atoms with Gasteiger partial charge in [0.05, 0.1) is 11.0 Å². The summed E-state index contributed by atoms with van der Waals surface area (Å²) in [4.78, 5) is 15.3.